The predicted molar refractivity (Wildman–Crippen MR) is 66.2 cm³/mol. The zero-order chi connectivity index (χ0) is 11.8. The number of aromatic nitrogens is 1. The summed E-state index contributed by atoms with van der Waals surface area (Å²) in [6.45, 7) is 6.52. The van der Waals surface area contributed by atoms with Gasteiger partial charge in [-0.05, 0) is 23.6 Å². The first-order valence-corrected chi connectivity index (χ1v) is 6.00. The van der Waals surface area contributed by atoms with Gasteiger partial charge in [-0.25, -0.2) is 4.39 Å². The standard InChI is InChI=1S/C13H14FNS/c1-13(2,3)12-5-4-11(16-12)9-6-10(14)8-15-7-9/h4-8H,1-3H3. The number of nitrogens with zero attached hydrogens (tertiary/aromatic N) is 1. The highest BCUT2D eigenvalue weighted by Gasteiger charge is 2.16. The minimum Gasteiger partial charge on any atom is -0.261 e. The molecule has 1 nitrogen and oxygen atoms in total. The van der Waals surface area contributed by atoms with Gasteiger partial charge in [0, 0.05) is 21.5 Å². The highest BCUT2D eigenvalue weighted by molar-refractivity contribution is 7.15. The van der Waals surface area contributed by atoms with E-state index in [0.29, 0.717) is 0 Å². The fraction of sp³-hybridized carbons (Fsp3) is 0.308. The molecule has 0 fully saturated rings. The van der Waals surface area contributed by atoms with Crippen LogP contribution in [0.5, 0.6) is 0 Å². The number of halogens is 1. The molecule has 0 aliphatic carbocycles. The first-order chi connectivity index (χ1) is 7.47. The number of hydrogen-bond donors (Lipinski definition) is 0. The molecule has 0 aliphatic heterocycles. The Kier molecular flexibility index (Phi) is 2.80. The average molecular weight is 235 g/mol. The summed E-state index contributed by atoms with van der Waals surface area (Å²) in [5.74, 6) is -0.289. The van der Waals surface area contributed by atoms with Crippen LogP contribution in [-0.4, -0.2) is 4.98 Å². The predicted octanol–water partition coefficient (Wildman–Crippen LogP) is 4.25. The molecular formula is C13H14FNS. The molecule has 3 heteroatoms. The molecule has 0 aromatic carbocycles. The number of thiophene rings is 1. The van der Waals surface area contributed by atoms with Crippen LogP contribution in [0.25, 0.3) is 10.4 Å². The molecule has 0 unspecified atom stereocenters. The van der Waals surface area contributed by atoms with Crippen LogP contribution in [0, 0.1) is 5.82 Å². The fourth-order valence-corrected chi connectivity index (χ4v) is 2.49. The van der Waals surface area contributed by atoms with E-state index in [9.17, 15) is 4.39 Å². The summed E-state index contributed by atoms with van der Waals surface area (Å²) in [6, 6.07) is 5.65. The van der Waals surface area contributed by atoms with Gasteiger partial charge in [-0.15, -0.1) is 11.3 Å². The van der Waals surface area contributed by atoms with Gasteiger partial charge in [0.05, 0.1) is 6.20 Å². The summed E-state index contributed by atoms with van der Waals surface area (Å²) in [5, 5.41) is 0. The van der Waals surface area contributed by atoms with Crippen molar-refractivity contribution in [1.82, 2.24) is 4.98 Å². The van der Waals surface area contributed by atoms with E-state index in [-0.39, 0.29) is 11.2 Å². The van der Waals surface area contributed by atoms with Crippen LogP contribution < -0.4 is 0 Å². The van der Waals surface area contributed by atoms with Gasteiger partial charge >= 0.3 is 0 Å². The van der Waals surface area contributed by atoms with Gasteiger partial charge in [0.25, 0.3) is 0 Å². The van der Waals surface area contributed by atoms with E-state index in [1.807, 2.05) is 6.07 Å². The van der Waals surface area contributed by atoms with Gasteiger partial charge in [0.2, 0.25) is 0 Å². The topological polar surface area (TPSA) is 12.9 Å². The van der Waals surface area contributed by atoms with Crippen molar-refractivity contribution < 1.29 is 4.39 Å². The third kappa shape index (κ3) is 2.30. The van der Waals surface area contributed by atoms with Gasteiger partial charge in [-0.2, -0.15) is 0 Å². The van der Waals surface area contributed by atoms with E-state index < -0.39 is 0 Å². The minimum atomic E-state index is -0.289. The molecule has 0 spiro atoms. The largest absolute Gasteiger partial charge is 0.261 e. The summed E-state index contributed by atoms with van der Waals surface area (Å²) in [4.78, 5) is 6.23. The van der Waals surface area contributed by atoms with Crippen molar-refractivity contribution in [2.24, 2.45) is 0 Å². The van der Waals surface area contributed by atoms with Crippen LogP contribution in [0.15, 0.2) is 30.6 Å². The second-order valence-electron chi connectivity index (χ2n) is 4.81. The van der Waals surface area contributed by atoms with Crippen LogP contribution in [0.1, 0.15) is 25.6 Å². The first kappa shape index (κ1) is 11.3. The molecule has 0 bridgehead atoms. The Morgan fingerprint density at radius 3 is 2.50 bits per heavy atom. The maximum absolute atomic E-state index is 13.0. The van der Waals surface area contributed by atoms with Crippen LogP contribution in [0.3, 0.4) is 0 Å². The molecule has 0 saturated heterocycles. The summed E-state index contributed by atoms with van der Waals surface area (Å²) in [5.41, 5.74) is 0.990. The third-order valence-electron chi connectivity index (χ3n) is 2.33. The molecule has 0 radical (unpaired) electrons. The fourth-order valence-electron chi connectivity index (χ4n) is 1.44. The third-order valence-corrected chi connectivity index (χ3v) is 3.89. The minimum absolute atomic E-state index is 0.143. The zero-order valence-electron chi connectivity index (χ0n) is 9.62. The van der Waals surface area contributed by atoms with E-state index in [4.69, 9.17) is 0 Å². The molecular weight excluding hydrogens is 221 g/mol. The smallest absolute Gasteiger partial charge is 0.142 e. The van der Waals surface area contributed by atoms with E-state index in [1.165, 1.54) is 17.1 Å². The molecule has 0 aliphatic rings. The van der Waals surface area contributed by atoms with Crippen LogP contribution in [0.4, 0.5) is 4.39 Å². The van der Waals surface area contributed by atoms with E-state index >= 15 is 0 Å². The average Bonchev–Trinajstić information content (AvgIpc) is 2.65. The van der Waals surface area contributed by atoms with Gasteiger partial charge in [0.15, 0.2) is 0 Å². The Hall–Kier alpha value is -1.22. The van der Waals surface area contributed by atoms with Crippen molar-refractivity contribution in [1.29, 1.82) is 0 Å². The molecule has 2 rings (SSSR count). The van der Waals surface area contributed by atoms with E-state index in [1.54, 1.807) is 17.5 Å². The maximum Gasteiger partial charge on any atom is 0.142 e. The second-order valence-corrected chi connectivity index (χ2v) is 5.89. The van der Waals surface area contributed by atoms with Crippen molar-refractivity contribution in [3.63, 3.8) is 0 Å². The lowest BCUT2D eigenvalue weighted by molar-refractivity contribution is 0.604. The Morgan fingerprint density at radius 2 is 1.94 bits per heavy atom. The maximum atomic E-state index is 13.0. The summed E-state index contributed by atoms with van der Waals surface area (Å²) in [7, 11) is 0. The molecule has 2 heterocycles. The molecule has 2 aromatic rings. The van der Waals surface area contributed by atoms with Crippen molar-refractivity contribution in [2.75, 3.05) is 0 Å². The Morgan fingerprint density at radius 1 is 1.19 bits per heavy atom. The quantitative estimate of drug-likeness (QED) is 0.720. The second kappa shape index (κ2) is 3.98. The van der Waals surface area contributed by atoms with Crippen LogP contribution in [-0.2, 0) is 5.41 Å². The lowest BCUT2D eigenvalue weighted by atomic mass is 9.95. The highest BCUT2D eigenvalue weighted by atomic mass is 32.1. The number of pyridine rings is 1. The Bertz CT molecular complexity index is 497. The van der Waals surface area contributed by atoms with Crippen molar-refractivity contribution in [3.8, 4) is 10.4 Å². The monoisotopic (exact) mass is 235 g/mol. The van der Waals surface area contributed by atoms with E-state index in [0.717, 1.165) is 10.4 Å². The van der Waals surface area contributed by atoms with Gasteiger partial charge in [-0.1, -0.05) is 20.8 Å². The summed E-state index contributed by atoms with van der Waals surface area (Å²) < 4.78 is 13.0. The van der Waals surface area contributed by atoms with Crippen molar-refractivity contribution >= 4 is 11.3 Å². The Balaban J connectivity index is 2.39. The SMILES string of the molecule is CC(C)(C)c1ccc(-c2cncc(F)c2)s1. The summed E-state index contributed by atoms with van der Waals surface area (Å²) in [6.07, 6.45) is 2.92. The normalized spacial score (nSPS) is 11.8. The molecule has 2 aromatic heterocycles. The van der Waals surface area contributed by atoms with Crippen LogP contribution >= 0.6 is 11.3 Å². The molecule has 0 N–H and O–H groups in total. The summed E-state index contributed by atoms with van der Waals surface area (Å²) >= 11 is 1.69. The van der Waals surface area contributed by atoms with Crippen molar-refractivity contribution in [3.05, 3.63) is 41.3 Å². The number of rotatable bonds is 1. The van der Waals surface area contributed by atoms with Gasteiger partial charge < -0.3 is 0 Å². The molecule has 0 atom stereocenters. The van der Waals surface area contributed by atoms with Gasteiger partial charge in [-0.3, -0.25) is 4.98 Å². The molecule has 0 amide bonds. The zero-order valence-corrected chi connectivity index (χ0v) is 10.4. The molecule has 84 valence electrons. The van der Waals surface area contributed by atoms with Crippen LogP contribution in [0.2, 0.25) is 0 Å². The Labute approximate surface area is 99.0 Å². The first-order valence-electron chi connectivity index (χ1n) is 5.18. The van der Waals surface area contributed by atoms with E-state index in [2.05, 4.69) is 31.8 Å². The van der Waals surface area contributed by atoms with Gasteiger partial charge in [0.1, 0.15) is 5.82 Å². The lowest BCUT2D eigenvalue weighted by Gasteiger charge is -2.15. The van der Waals surface area contributed by atoms with Crippen molar-refractivity contribution in [2.45, 2.75) is 26.2 Å². The molecule has 16 heavy (non-hydrogen) atoms. The number of hydrogen-bond acceptors (Lipinski definition) is 2. The highest BCUT2D eigenvalue weighted by Crippen LogP contribution is 2.34. The lowest BCUT2D eigenvalue weighted by Crippen LogP contribution is -2.07. The molecule has 0 saturated carbocycles.